The molecule has 7 nitrogen and oxygen atoms in total. The van der Waals surface area contributed by atoms with E-state index in [9.17, 15) is 13.5 Å². The number of aromatic nitrogens is 4. The summed E-state index contributed by atoms with van der Waals surface area (Å²) in [4.78, 5) is 9.08. The molecule has 2 aromatic heterocycles. The van der Waals surface area contributed by atoms with Crippen LogP contribution in [0.1, 0.15) is 29.9 Å². The Balaban J connectivity index is 1.81. The van der Waals surface area contributed by atoms with E-state index >= 15 is 0 Å². The van der Waals surface area contributed by atoms with Crippen LogP contribution in [-0.2, 0) is 21.9 Å². The van der Waals surface area contributed by atoms with Gasteiger partial charge in [0.2, 0.25) is 0 Å². The maximum atomic E-state index is 11.9. The molecule has 0 saturated carbocycles. The van der Waals surface area contributed by atoms with Crippen molar-refractivity contribution in [1.29, 1.82) is 0 Å². The Kier molecular flexibility index (Phi) is 5.98. The lowest BCUT2D eigenvalue weighted by atomic mass is 9.77. The maximum absolute atomic E-state index is 11.9. The lowest BCUT2D eigenvalue weighted by Gasteiger charge is -2.34. The van der Waals surface area contributed by atoms with Crippen molar-refractivity contribution in [3.05, 3.63) is 82.0 Å². The van der Waals surface area contributed by atoms with Crippen molar-refractivity contribution in [1.82, 2.24) is 20.2 Å². The quantitative estimate of drug-likeness (QED) is 0.417. The monoisotopic (exact) mass is 490 g/mol. The Bertz CT molecular complexity index is 1390. The Hall–Kier alpha value is -2.52. The number of nitrogens with zero attached hydrogens (tertiary/aromatic N) is 3. The molecule has 32 heavy (non-hydrogen) atoms. The van der Waals surface area contributed by atoms with Gasteiger partial charge < -0.3 is 5.11 Å². The van der Waals surface area contributed by atoms with Gasteiger partial charge in [0, 0.05) is 45.3 Å². The summed E-state index contributed by atoms with van der Waals surface area (Å²) in [5.74, 6) is -0.0948. The maximum Gasteiger partial charge on any atom is 0.175 e. The number of hydrogen-bond acceptors (Lipinski definition) is 6. The average Bonchev–Trinajstić information content (AvgIpc) is 3.24. The molecule has 0 saturated heterocycles. The molecule has 0 fully saturated rings. The van der Waals surface area contributed by atoms with Crippen LogP contribution in [0.15, 0.2) is 59.8 Å². The molecule has 0 amide bonds. The molecular formula is C22H20Cl2N4O3S. The van der Waals surface area contributed by atoms with Crippen LogP contribution in [0.5, 0.6) is 0 Å². The van der Waals surface area contributed by atoms with Crippen molar-refractivity contribution in [3.8, 4) is 0 Å². The average molecular weight is 491 g/mol. The molecule has 2 N–H and O–H groups in total. The molecule has 0 aliphatic carbocycles. The van der Waals surface area contributed by atoms with E-state index in [1.165, 1.54) is 12.4 Å². The van der Waals surface area contributed by atoms with Gasteiger partial charge in [-0.2, -0.15) is 5.10 Å². The molecule has 0 radical (unpaired) electrons. The van der Waals surface area contributed by atoms with E-state index in [4.69, 9.17) is 28.2 Å². The number of aromatic amines is 1. The molecule has 2 unspecified atom stereocenters. The zero-order chi connectivity index (χ0) is 23.1. The van der Waals surface area contributed by atoms with E-state index in [2.05, 4.69) is 15.2 Å². The number of H-pyrrole nitrogens is 1. The van der Waals surface area contributed by atoms with Crippen LogP contribution in [0.3, 0.4) is 0 Å². The summed E-state index contributed by atoms with van der Waals surface area (Å²) in [5, 5.41) is 20.1. The van der Waals surface area contributed by atoms with Crippen LogP contribution in [0.2, 0.25) is 10.0 Å². The Labute approximate surface area is 195 Å². The number of pyridine rings is 1. The van der Waals surface area contributed by atoms with Gasteiger partial charge in [0.25, 0.3) is 0 Å². The first-order chi connectivity index (χ1) is 15.1. The highest BCUT2D eigenvalue weighted by Crippen LogP contribution is 2.42. The molecule has 4 aromatic rings. The van der Waals surface area contributed by atoms with Crippen LogP contribution in [0, 0.1) is 0 Å². The molecule has 166 valence electrons. The minimum Gasteiger partial charge on any atom is -0.384 e. The third-order valence-electron chi connectivity index (χ3n) is 5.56. The predicted molar refractivity (Wildman–Crippen MR) is 124 cm³/mol. The molecule has 4 rings (SSSR count). The number of fused-ring (bicyclic) bond motifs is 1. The second-order valence-electron chi connectivity index (χ2n) is 7.73. The van der Waals surface area contributed by atoms with E-state index in [1.54, 1.807) is 42.5 Å². The van der Waals surface area contributed by atoms with E-state index in [1.807, 2.05) is 6.92 Å². The van der Waals surface area contributed by atoms with E-state index in [-0.39, 0.29) is 11.3 Å². The fraction of sp³-hybridized carbons (Fsp3) is 0.227. The predicted octanol–water partition coefficient (Wildman–Crippen LogP) is 4.30. The summed E-state index contributed by atoms with van der Waals surface area (Å²) < 4.78 is 23.7. The van der Waals surface area contributed by atoms with Gasteiger partial charge in [-0.05, 0) is 36.4 Å². The second-order valence-corrected chi connectivity index (χ2v) is 10.6. The second kappa shape index (κ2) is 8.44. The highest BCUT2D eigenvalue weighted by atomic mass is 35.5. The fourth-order valence-electron chi connectivity index (χ4n) is 3.72. The molecule has 0 aliphatic heterocycles. The van der Waals surface area contributed by atoms with Gasteiger partial charge in [0.1, 0.15) is 11.9 Å². The van der Waals surface area contributed by atoms with E-state index in [0.29, 0.717) is 38.0 Å². The highest BCUT2D eigenvalue weighted by Gasteiger charge is 2.40. The summed E-state index contributed by atoms with van der Waals surface area (Å²) >= 11 is 12.5. The van der Waals surface area contributed by atoms with Crippen molar-refractivity contribution < 1.29 is 13.5 Å². The summed E-state index contributed by atoms with van der Waals surface area (Å²) in [7, 11) is -3.33. The lowest BCUT2D eigenvalue weighted by Crippen LogP contribution is -2.36. The number of benzene rings is 2. The number of sulfone groups is 1. The van der Waals surface area contributed by atoms with E-state index in [0.717, 1.165) is 6.26 Å². The number of nitrogens with one attached hydrogen (secondary N) is 1. The third kappa shape index (κ3) is 4.36. The number of halogens is 2. The zero-order valence-corrected chi connectivity index (χ0v) is 19.6. The summed E-state index contributed by atoms with van der Waals surface area (Å²) in [6, 6.07) is 13.3. The lowest BCUT2D eigenvalue weighted by molar-refractivity contribution is 0.00980. The SMILES string of the molecule is CC(c1ccc2cc(S(C)(=O)=O)ccc2n1)C(O)(Cc1nc[nH]n1)c1ccc(Cl)cc1Cl. The molecular weight excluding hydrogens is 471 g/mol. The van der Waals surface area contributed by atoms with Gasteiger partial charge in [0.15, 0.2) is 15.7 Å². The third-order valence-corrected chi connectivity index (χ3v) is 7.22. The Morgan fingerprint density at radius 2 is 1.91 bits per heavy atom. The highest BCUT2D eigenvalue weighted by molar-refractivity contribution is 7.90. The minimum atomic E-state index is -3.33. The molecule has 0 aliphatic rings. The molecule has 0 bridgehead atoms. The normalized spacial score (nSPS) is 14.9. The Morgan fingerprint density at radius 1 is 1.12 bits per heavy atom. The first kappa shape index (κ1) is 22.7. The number of aliphatic hydroxyl groups is 1. The van der Waals surface area contributed by atoms with Gasteiger partial charge in [-0.3, -0.25) is 10.1 Å². The van der Waals surface area contributed by atoms with Crippen molar-refractivity contribution >= 4 is 43.9 Å². The molecule has 2 aromatic carbocycles. The first-order valence-corrected chi connectivity index (χ1v) is 12.4. The van der Waals surface area contributed by atoms with Crippen molar-refractivity contribution in [2.24, 2.45) is 0 Å². The van der Waals surface area contributed by atoms with Crippen LogP contribution >= 0.6 is 23.2 Å². The van der Waals surface area contributed by atoms with Gasteiger partial charge in [-0.1, -0.05) is 42.3 Å². The van der Waals surface area contributed by atoms with Gasteiger partial charge in [-0.25, -0.2) is 13.4 Å². The largest absolute Gasteiger partial charge is 0.384 e. The molecule has 0 spiro atoms. The zero-order valence-electron chi connectivity index (χ0n) is 17.3. The number of rotatable bonds is 6. The van der Waals surface area contributed by atoms with Crippen LogP contribution in [-0.4, -0.2) is 39.9 Å². The smallest absolute Gasteiger partial charge is 0.175 e. The van der Waals surface area contributed by atoms with Gasteiger partial charge in [-0.15, -0.1) is 0 Å². The van der Waals surface area contributed by atoms with Gasteiger partial charge in [0.05, 0.1) is 10.4 Å². The number of hydrogen-bond donors (Lipinski definition) is 2. The topological polar surface area (TPSA) is 109 Å². The minimum absolute atomic E-state index is 0.0890. The summed E-state index contributed by atoms with van der Waals surface area (Å²) in [5.41, 5.74) is 0.213. The van der Waals surface area contributed by atoms with Crippen LogP contribution in [0.4, 0.5) is 0 Å². The van der Waals surface area contributed by atoms with Crippen LogP contribution < -0.4 is 0 Å². The van der Waals surface area contributed by atoms with Gasteiger partial charge >= 0.3 is 0 Å². The summed E-state index contributed by atoms with van der Waals surface area (Å²) in [6.07, 6.45) is 2.69. The molecule has 2 heterocycles. The summed E-state index contributed by atoms with van der Waals surface area (Å²) in [6.45, 7) is 1.84. The molecule has 10 heteroatoms. The van der Waals surface area contributed by atoms with Crippen molar-refractivity contribution in [2.45, 2.75) is 29.8 Å². The molecule has 2 atom stereocenters. The standard InChI is InChI=1S/C22H20Cl2N4O3S/c1-13(19-7-3-14-9-16(32(2,30)31)5-8-20(14)27-19)22(29,11-21-25-12-26-28-21)17-6-4-15(23)10-18(17)24/h3-10,12-13,29H,11H2,1-2H3,(H,25,26,28). The first-order valence-electron chi connectivity index (χ1n) is 9.71. The van der Waals surface area contributed by atoms with E-state index < -0.39 is 21.4 Å². The van der Waals surface area contributed by atoms with Crippen LogP contribution in [0.25, 0.3) is 10.9 Å². The van der Waals surface area contributed by atoms with Crippen molar-refractivity contribution in [2.75, 3.05) is 6.26 Å². The Morgan fingerprint density at radius 3 is 2.56 bits per heavy atom. The van der Waals surface area contributed by atoms with Crippen molar-refractivity contribution in [3.63, 3.8) is 0 Å². The fourth-order valence-corrected chi connectivity index (χ4v) is 4.95.